The number of thiazole rings is 1. The summed E-state index contributed by atoms with van der Waals surface area (Å²) in [5.74, 6) is 0. The number of morpholine rings is 1. The van der Waals surface area contributed by atoms with Gasteiger partial charge in [-0.05, 0) is 13.8 Å². The first-order valence-electron chi connectivity index (χ1n) is 5.68. The molecule has 0 spiro atoms. The van der Waals surface area contributed by atoms with E-state index < -0.39 is 0 Å². The third-order valence-corrected chi connectivity index (χ3v) is 3.84. The van der Waals surface area contributed by atoms with Crippen molar-refractivity contribution < 1.29 is 4.74 Å². The van der Waals surface area contributed by atoms with Crippen LogP contribution in [-0.2, 0) is 4.74 Å². The highest BCUT2D eigenvalue weighted by Gasteiger charge is 2.25. The second-order valence-corrected chi connectivity index (χ2v) is 5.25. The van der Waals surface area contributed by atoms with Gasteiger partial charge in [0.25, 0.3) is 0 Å². The van der Waals surface area contributed by atoms with Crippen molar-refractivity contribution >= 4 is 11.3 Å². The Morgan fingerprint density at radius 2 is 2.56 bits per heavy atom. The number of nitrogens with zero attached hydrogens (tertiary/aromatic N) is 2. The van der Waals surface area contributed by atoms with Crippen molar-refractivity contribution in [2.75, 3.05) is 26.2 Å². The number of aryl methyl sites for hydroxylation is 1. The molecule has 2 unspecified atom stereocenters. The Balaban J connectivity index is 2.01. The summed E-state index contributed by atoms with van der Waals surface area (Å²) in [6.07, 6.45) is 0.177. The molecule has 1 aliphatic heterocycles. The Kier molecular flexibility index (Phi) is 3.91. The third-order valence-electron chi connectivity index (χ3n) is 3.05. The molecule has 5 heteroatoms. The molecule has 1 fully saturated rings. The highest BCUT2D eigenvalue weighted by molar-refractivity contribution is 7.09. The van der Waals surface area contributed by atoms with E-state index in [0.717, 1.165) is 24.7 Å². The van der Waals surface area contributed by atoms with Crippen molar-refractivity contribution in [1.29, 1.82) is 0 Å². The van der Waals surface area contributed by atoms with Crippen molar-refractivity contribution in [3.05, 3.63) is 16.1 Å². The highest BCUT2D eigenvalue weighted by atomic mass is 32.1. The zero-order valence-corrected chi connectivity index (χ0v) is 10.7. The standard InChI is InChI=1S/C11H19N3OS/c1-8(11-7-16-9(2)13-11)14-3-4-15-10(5-12)6-14/h7-8,10H,3-6,12H2,1-2H3. The molecule has 2 rings (SSSR count). The molecule has 2 atom stereocenters. The zero-order valence-electron chi connectivity index (χ0n) is 9.85. The van der Waals surface area contributed by atoms with Crippen molar-refractivity contribution in [2.24, 2.45) is 5.73 Å². The predicted octanol–water partition coefficient (Wildman–Crippen LogP) is 1.17. The minimum absolute atomic E-state index is 0.177. The summed E-state index contributed by atoms with van der Waals surface area (Å²) in [4.78, 5) is 6.94. The molecule has 0 radical (unpaired) electrons. The van der Waals surface area contributed by atoms with Gasteiger partial charge in [-0.15, -0.1) is 11.3 Å². The van der Waals surface area contributed by atoms with E-state index in [1.807, 2.05) is 6.92 Å². The molecular formula is C11H19N3OS. The van der Waals surface area contributed by atoms with Crippen molar-refractivity contribution in [1.82, 2.24) is 9.88 Å². The van der Waals surface area contributed by atoms with Gasteiger partial charge in [0.2, 0.25) is 0 Å². The van der Waals surface area contributed by atoms with Crippen molar-refractivity contribution in [3.63, 3.8) is 0 Å². The molecule has 0 amide bonds. The van der Waals surface area contributed by atoms with Crippen LogP contribution in [0.1, 0.15) is 23.7 Å². The molecule has 1 aliphatic rings. The van der Waals surface area contributed by atoms with Gasteiger partial charge in [-0.2, -0.15) is 0 Å². The molecule has 1 aromatic rings. The summed E-state index contributed by atoms with van der Waals surface area (Å²) < 4.78 is 5.56. The molecule has 0 aromatic carbocycles. The van der Waals surface area contributed by atoms with Gasteiger partial charge >= 0.3 is 0 Å². The van der Waals surface area contributed by atoms with Gasteiger partial charge in [-0.3, -0.25) is 4.90 Å². The smallest absolute Gasteiger partial charge is 0.0898 e. The van der Waals surface area contributed by atoms with E-state index in [9.17, 15) is 0 Å². The lowest BCUT2D eigenvalue weighted by Crippen LogP contribution is -2.46. The van der Waals surface area contributed by atoms with E-state index in [1.165, 1.54) is 5.69 Å². The maximum absolute atomic E-state index is 5.64. The van der Waals surface area contributed by atoms with Gasteiger partial charge in [0, 0.05) is 25.0 Å². The van der Waals surface area contributed by atoms with Crippen LogP contribution in [-0.4, -0.2) is 42.2 Å². The maximum atomic E-state index is 5.64. The Labute approximate surface area is 100 Å². The SMILES string of the molecule is Cc1nc(C(C)N2CCOC(CN)C2)cs1. The summed E-state index contributed by atoms with van der Waals surface area (Å²) in [5.41, 5.74) is 6.81. The van der Waals surface area contributed by atoms with Crippen LogP contribution < -0.4 is 5.73 Å². The van der Waals surface area contributed by atoms with Crippen LogP contribution in [0.4, 0.5) is 0 Å². The summed E-state index contributed by atoms with van der Waals surface area (Å²) >= 11 is 1.71. The van der Waals surface area contributed by atoms with Crippen LogP contribution in [0.5, 0.6) is 0 Å². The monoisotopic (exact) mass is 241 g/mol. The fraction of sp³-hybridized carbons (Fsp3) is 0.727. The fourth-order valence-corrected chi connectivity index (χ4v) is 2.69. The number of rotatable bonds is 3. The predicted molar refractivity (Wildman–Crippen MR) is 65.6 cm³/mol. The third kappa shape index (κ3) is 2.60. The van der Waals surface area contributed by atoms with Crippen LogP contribution in [0.15, 0.2) is 5.38 Å². The summed E-state index contributed by atoms with van der Waals surface area (Å²) in [6, 6.07) is 0.364. The van der Waals surface area contributed by atoms with Crippen molar-refractivity contribution in [3.8, 4) is 0 Å². The first-order chi connectivity index (χ1) is 7.70. The molecule has 1 aromatic heterocycles. The Hall–Kier alpha value is -0.490. The highest BCUT2D eigenvalue weighted by Crippen LogP contribution is 2.23. The van der Waals surface area contributed by atoms with Crippen LogP contribution >= 0.6 is 11.3 Å². The first kappa shape index (κ1) is 12.0. The Morgan fingerprint density at radius 3 is 3.19 bits per heavy atom. The molecule has 0 saturated carbocycles. The number of nitrogens with two attached hydrogens (primary N) is 1. The largest absolute Gasteiger partial charge is 0.374 e. The average molecular weight is 241 g/mol. The number of ether oxygens (including phenoxy) is 1. The molecular weight excluding hydrogens is 222 g/mol. The molecule has 2 heterocycles. The first-order valence-corrected chi connectivity index (χ1v) is 6.56. The summed E-state index contributed by atoms with van der Waals surface area (Å²) in [6.45, 7) is 7.49. The minimum Gasteiger partial charge on any atom is -0.374 e. The number of aromatic nitrogens is 1. The Morgan fingerprint density at radius 1 is 1.75 bits per heavy atom. The van der Waals surface area contributed by atoms with Gasteiger partial charge in [0.1, 0.15) is 0 Å². The second-order valence-electron chi connectivity index (χ2n) is 4.19. The van der Waals surface area contributed by atoms with E-state index in [4.69, 9.17) is 10.5 Å². The lowest BCUT2D eigenvalue weighted by molar-refractivity contribution is -0.0369. The van der Waals surface area contributed by atoms with Gasteiger partial charge in [0.05, 0.1) is 29.5 Å². The molecule has 0 aliphatic carbocycles. The quantitative estimate of drug-likeness (QED) is 0.863. The van der Waals surface area contributed by atoms with Gasteiger partial charge in [-0.25, -0.2) is 4.98 Å². The zero-order chi connectivity index (χ0) is 11.5. The van der Waals surface area contributed by atoms with E-state index in [2.05, 4.69) is 22.2 Å². The van der Waals surface area contributed by atoms with Crippen LogP contribution in [0.2, 0.25) is 0 Å². The molecule has 1 saturated heterocycles. The molecule has 2 N–H and O–H groups in total. The van der Waals surface area contributed by atoms with E-state index in [1.54, 1.807) is 11.3 Å². The lowest BCUT2D eigenvalue weighted by atomic mass is 10.1. The maximum Gasteiger partial charge on any atom is 0.0898 e. The van der Waals surface area contributed by atoms with Crippen LogP contribution in [0.25, 0.3) is 0 Å². The Bertz CT molecular complexity index is 342. The summed E-state index contributed by atoms with van der Waals surface area (Å²) in [5, 5.41) is 3.28. The van der Waals surface area contributed by atoms with Crippen molar-refractivity contribution in [2.45, 2.75) is 26.0 Å². The lowest BCUT2D eigenvalue weighted by Gasteiger charge is -2.35. The van der Waals surface area contributed by atoms with E-state index in [-0.39, 0.29) is 6.10 Å². The fourth-order valence-electron chi connectivity index (χ4n) is 2.00. The molecule has 90 valence electrons. The normalized spacial score (nSPS) is 24.6. The number of hydrogen-bond donors (Lipinski definition) is 1. The molecule has 4 nitrogen and oxygen atoms in total. The van der Waals surface area contributed by atoms with E-state index in [0.29, 0.717) is 12.6 Å². The van der Waals surface area contributed by atoms with Gasteiger partial charge < -0.3 is 10.5 Å². The topological polar surface area (TPSA) is 51.4 Å². The average Bonchev–Trinajstić information content (AvgIpc) is 2.75. The molecule has 0 bridgehead atoms. The molecule has 16 heavy (non-hydrogen) atoms. The second kappa shape index (κ2) is 5.23. The van der Waals surface area contributed by atoms with Gasteiger partial charge in [0.15, 0.2) is 0 Å². The van der Waals surface area contributed by atoms with E-state index >= 15 is 0 Å². The van der Waals surface area contributed by atoms with Crippen LogP contribution in [0.3, 0.4) is 0 Å². The minimum atomic E-state index is 0.177. The van der Waals surface area contributed by atoms with Crippen LogP contribution in [0, 0.1) is 6.92 Å². The number of hydrogen-bond acceptors (Lipinski definition) is 5. The van der Waals surface area contributed by atoms with Gasteiger partial charge in [-0.1, -0.05) is 0 Å². The summed E-state index contributed by atoms with van der Waals surface area (Å²) in [7, 11) is 0.